The number of nitriles is 1. The largest absolute Gasteiger partial charge is 0.254 e. The molecule has 0 aliphatic carbocycles. The van der Waals surface area contributed by atoms with E-state index in [9.17, 15) is 0 Å². The molecule has 0 unspecified atom stereocenters. The zero-order chi connectivity index (χ0) is 9.84. The second kappa shape index (κ2) is 4.31. The summed E-state index contributed by atoms with van der Waals surface area (Å²) in [7, 11) is 0. The van der Waals surface area contributed by atoms with Gasteiger partial charge in [0.15, 0.2) is 0 Å². The van der Waals surface area contributed by atoms with E-state index in [0.717, 1.165) is 0 Å². The number of hydrogen-bond acceptors (Lipinski definition) is 3. The van der Waals surface area contributed by atoms with Crippen molar-refractivity contribution in [3.8, 4) is 6.07 Å². The Kier molecular flexibility index (Phi) is 3.35. The fraction of sp³-hybridized carbons (Fsp3) is 0.111. The van der Waals surface area contributed by atoms with Gasteiger partial charge in [0.05, 0.1) is 16.3 Å². The van der Waals surface area contributed by atoms with Crippen molar-refractivity contribution < 1.29 is 0 Å². The maximum absolute atomic E-state index is 8.64. The normalized spacial score (nSPS) is 10.3. The van der Waals surface area contributed by atoms with E-state index in [-0.39, 0.29) is 0 Å². The summed E-state index contributed by atoms with van der Waals surface area (Å²) in [5.74, 6) is 0. The molecule has 0 bridgehead atoms. The van der Waals surface area contributed by atoms with E-state index >= 15 is 0 Å². The average molecular weight is 211 g/mol. The summed E-state index contributed by atoms with van der Waals surface area (Å²) in [5.41, 5.74) is 1.02. The smallest absolute Gasteiger partial charge is 0.102 e. The molecule has 0 saturated heterocycles. The van der Waals surface area contributed by atoms with Gasteiger partial charge in [-0.25, -0.2) is 0 Å². The standard InChI is InChI=1S/C9H7ClN2S/c1-2-3-7-9(13)8(10)6(4-11)5-12-7/h2-3,5,13H,1H3/b3-2+. The lowest BCUT2D eigenvalue weighted by atomic mass is 10.2. The van der Waals surface area contributed by atoms with Crippen LogP contribution in [0.3, 0.4) is 0 Å². The molecule has 0 spiro atoms. The topological polar surface area (TPSA) is 36.7 Å². The minimum atomic E-state index is 0.347. The molecule has 13 heavy (non-hydrogen) atoms. The van der Waals surface area contributed by atoms with Crippen molar-refractivity contribution in [1.29, 1.82) is 5.26 Å². The average Bonchev–Trinajstić information content (AvgIpc) is 2.14. The summed E-state index contributed by atoms with van der Waals surface area (Å²) < 4.78 is 0. The van der Waals surface area contributed by atoms with Crippen molar-refractivity contribution in [3.05, 3.63) is 28.6 Å². The number of nitrogens with zero attached hydrogens (tertiary/aromatic N) is 2. The van der Waals surface area contributed by atoms with E-state index < -0.39 is 0 Å². The molecular formula is C9H7ClN2S. The highest BCUT2D eigenvalue weighted by molar-refractivity contribution is 7.80. The van der Waals surface area contributed by atoms with Crippen LogP contribution in [-0.4, -0.2) is 4.98 Å². The van der Waals surface area contributed by atoms with Crippen LogP contribution >= 0.6 is 24.2 Å². The van der Waals surface area contributed by atoms with Crippen molar-refractivity contribution in [2.45, 2.75) is 11.8 Å². The minimum absolute atomic E-state index is 0.347. The van der Waals surface area contributed by atoms with Crippen molar-refractivity contribution >= 4 is 30.3 Å². The second-order valence-electron chi connectivity index (χ2n) is 2.33. The number of hydrogen-bond donors (Lipinski definition) is 1. The van der Waals surface area contributed by atoms with Gasteiger partial charge in [-0.1, -0.05) is 17.7 Å². The lowest BCUT2D eigenvalue weighted by Gasteiger charge is -2.01. The number of halogens is 1. The van der Waals surface area contributed by atoms with Gasteiger partial charge < -0.3 is 0 Å². The number of pyridine rings is 1. The summed E-state index contributed by atoms with van der Waals surface area (Å²) in [4.78, 5) is 4.57. The molecule has 0 radical (unpaired) electrons. The first-order valence-electron chi connectivity index (χ1n) is 3.61. The quantitative estimate of drug-likeness (QED) is 0.724. The first-order valence-corrected chi connectivity index (χ1v) is 4.43. The minimum Gasteiger partial charge on any atom is -0.254 e. The van der Waals surface area contributed by atoms with E-state index in [0.29, 0.717) is 21.2 Å². The Morgan fingerprint density at radius 2 is 2.38 bits per heavy atom. The lowest BCUT2D eigenvalue weighted by molar-refractivity contribution is 1.19. The lowest BCUT2D eigenvalue weighted by Crippen LogP contribution is -1.88. The first kappa shape index (κ1) is 10.1. The molecule has 66 valence electrons. The summed E-state index contributed by atoms with van der Waals surface area (Å²) in [6.07, 6.45) is 5.07. The third kappa shape index (κ3) is 2.03. The third-order valence-electron chi connectivity index (χ3n) is 1.46. The molecule has 1 heterocycles. The number of allylic oxidation sites excluding steroid dienone is 1. The van der Waals surface area contributed by atoms with Crippen LogP contribution in [0.5, 0.6) is 0 Å². The Morgan fingerprint density at radius 3 is 2.92 bits per heavy atom. The Labute approximate surface area is 87.3 Å². The van der Waals surface area contributed by atoms with E-state index in [4.69, 9.17) is 16.9 Å². The van der Waals surface area contributed by atoms with Gasteiger partial charge in [0.25, 0.3) is 0 Å². The molecule has 0 aromatic carbocycles. The van der Waals surface area contributed by atoms with E-state index in [1.165, 1.54) is 6.20 Å². The Morgan fingerprint density at radius 1 is 1.69 bits per heavy atom. The zero-order valence-corrected chi connectivity index (χ0v) is 8.60. The molecule has 2 nitrogen and oxygen atoms in total. The Hall–Kier alpha value is -0.980. The number of rotatable bonds is 1. The monoisotopic (exact) mass is 210 g/mol. The molecule has 4 heteroatoms. The van der Waals surface area contributed by atoms with Crippen molar-refractivity contribution in [3.63, 3.8) is 0 Å². The van der Waals surface area contributed by atoms with Crippen LogP contribution in [0.4, 0.5) is 0 Å². The van der Waals surface area contributed by atoms with Gasteiger partial charge in [-0.15, -0.1) is 12.6 Å². The molecule has 1 aromatic rings. The summed E-state index contributed by atoms with van der Waals surface area (Å²) in [5, 5.41) is 8.99. The predicted molar refractivity (Wildman–Crippen MR) is 55.9 cm³/mol. The van der Waals surface area contributed by atoms with Crippen LogP contribution in [0.15, 0.2) is 17.2 Å². The van der Waals surface area contributed by atoms with Crippen molar-refractivity contribution in [2.24, 2.45) is 0 Å². The maximum atomic E-state index is 8.64. The highest BCUT2D eigenvalue weighted by atomic mass is 35.5. The molecule has 0 fully saturated rings. The van der Waals surface area contributed by atoms with Crippen molar-refractivity contribution in [2.75, 3.05) is 0 Å². The summed E-state index contributed by atoms with van der Waals surface area (Å²) in [6, 6.07) is 1.94. The molecule has 0 aliphatic rings. The molecule has 0 aliphatic heterocycles. The van der Waals surface area contributed by atoms with E-state index in [2.05, 4.69) is 17.6 Å². The highest BCUT2D eigenvalue weighted by Gasteiger charge is 2.07. The predicted octanol–water partition coefficient (Wildman–Crippen LogP) is 2.93. The van der Waals surface area contributed by atoms with Gasteiger partial charge in [0, 0.05) is 11.1 Å². The Bertz CT molecular complexity index is 393. The van der Waals surface area contributed by atoms with Gasteiger partial charge >= 0.3 is 0 Å². The van der Waals surface area contributed by atoms with Crippen LogP contribution in [0.2, 0.25) is 5.02 Å². The SMILES string of the molecule is C/C=C/c1ncc(C#N)c(Cl)c1S. The molecule has 1 rings (SSSR count). The number of aromatic nitrogens is 1. The fourth-order valence-electron chi connectivity index (χ4n) is 0.850. The molecule has 0 amide bonds. The van der Waals surface area contributed by atoms with Gasteiger partial charge in [0.1, 0.15) is 6.07 Å². The van der Waals surface area contributed by atoms with Gasteiger partial charge in [-0.05, 0) is 13.0 Å². The summed E-state index contributed by atoms with van der Waals surface area (Å²) >= 11 is 10.0. The summed E-state index contributed by atoms with van der Waals surface area (Å²) in [6.45, 7) is 1.88. The van der Waals surface area contributed by atoms with E-state index in [1.54, 1.807) is 6.08 Å². The fourth-order valence-corrected chi connectivity index (χ4v) is 1.29. The zero-order valence-electron chi connectivity index (χ0n) is 6.95. The van der Waals surface area contributed by atoms with Crippen LogP contribution in [0.1, 0.15) is 18.2 Å². The Balaban J connectivity index is 3.33. The van der Waals surface area contributed by atoms with Gasteiger partial charge in [0.2, 0.25) is 0 Å². The van der Waals surface area contributed by atoms with Crippen LogP contribution in [0.25, 0.3) is 6.08 Å². The molecule has 0 saturated carbocycles. The third-order valence-corrected chi connectivity index (χ3v) is 2.44. The van der Waals surface area contributed by atoms with Crippen LogP contribution < -0.4 is 0 Å². The second-order valence-corrected chi connectivity index (χ2v) is 3.16. The first-order chi connectivity index (χ1) is 6.20. The maximum Gasteiger partial charge on any atom is 0.102 e. The molecule has 0 atom stereocenters. The number of thiol groups is 1. The molecular weight excluding hydrogens is 204 g/mol. The van der Waals surface area contributed by atoms with Crippen LogP contribution in [-0.2, 0) is 0 Å². The van der Waals surface area contributed by atoms with Crippen LogP contribution in [0, 0.1) is 11.3 Å². The molecule has 1 aromatic heterocycles. The van der Waals surface area contributed by atoms with E-state index in [1.807, 2.05) is 19.1 Å². The van der Waals surface area contributed by atoms with Crippen molar-refractivity contribution in [1.82, 2.24) is 4.98 Å². The van der Waals surface area contributed by atoms with Gasteiger partial charge in [-0.2, -0.15) is 5.26 Å². The highest BCUT2D eigenvalue weighted by Crippen LogP contribution is 2.26. The van der Waals surface area contributed by atoms with Gasteiger partial charge in [-0.3, -0.25) is 4.98 Å². The molecule has 0 N–H and O–H groups in total.